The second kappa shape index (κ2) is 17.0. The Bertz CT molecular complexity index is 3650. The first-order valence-electron chi connectivity index (χ1n) is 30.1. The molecule has 1 atom stereocenters. The number of aryl methyl sites for hydroxylation is 2. The Morgan fingerprint density at radius 3 is 1.58 bits per heavy atom. The molecule has 2 heterocycles. The second-order valence-electron chi connectivity index (χ2n) is 31.5. The van der Waals surface area contributed by atoms with Gasteiger partial charge in [0.15, 0.2) is 0 Å². The van der Waals surface area contributed by atoms with Crippen LogP contribution >= 0.6 is 11.3 Å². The van der Waals surface area contributed by atoms with Gasteiger partial charge in [0.05, 0.1) is 22.7 Å². The fourth-order valence-electron chi connectivity index (χ4n) is 15.7. The lowest BCUT2D eigenvalue weighted by Gasteiger charge is -2.52. The van der Waals surface area contributed by atoms with Crippen LogP contribution < -0.4 is 9.80 Å². The van der Waals surface area contributed by atoms with Crippen molar-refractivity contribution in [2.24, 2.45) is 0 Å². The van der Waals surface area contributed by atoms with Crippen LogP contribution in [0.3, 0.4) is 0 Å². The predicted molar refractivity (Wildman–Crippen MR) is 339 cm³/mol. The first-order chi connectivity index (χ1) is 36.2. The van der Waals surface area contributed by atoms with Gasteiger partial charge in [0, 0.05) is 37.8 Å². The van der Waals surface area contributed by atoms with Gasteiger partial charge in [-0.2, -0.15) is 0 Å². The van der Waals surface area contributed by atoms with Gasteiger partial charge in [-0.15, -0.1) is 11.3 Å². The largest absolute Gasteiger partial charge is 0.310 e. The summed E-state index contributed by atoms with van der Waals surface area (Å²) in [7, 11) is 0. The lowest BCUT2D eigenvalue weighted by atomic mass is 9.56. The summed E-state index contributed by atoms with van der Waals surface area (Å²) in [6, 6.07) is 38.2. The van der Waals surface area contributed by atoms with Crippen LogP contribution in [0.2, 0.25) is 0 Å². The number of hydrogen-bond donors (Lipinski definition) is 0. The van der Waals surface area contributed by atoms with Gasteiger partial charge >= 0.3 is 0 Å². The highest BCUT2D eigenvalue weighted by atomic mass is 32.1. The molecule has 0 saturated heterocycles. The van der Waals surface area contributed by atoms with E-state index in [1.807, 2.05) is 11.3 Å². The number of fused-ring (bicyclic) bond motifs is 6. The van der Waals surface area contributed by atoms with E-state index in [1.54, 1.807) is 5.56 Å². The Morgan fingerprint density at radius 1 is 0.449 bits per heavy atom. The number of benzene rings is 6. The van der Waals surface area contributed by atoms with Crippen molar-refractivity contribution in [3.8, 4) is 11.1 Å². The van der Waals surface area contributed by atoms with Crippen molar-refractivity contribution in [1.29, 1.82) is 0 Å². The lowest BCUT2D eigenvalue weighted by molar-refractivity contribution is 0.327. The van der Waals surface area contributed by atoms with E-state index in [4.69, 9.17) is 0 Å². The molecule has 7 aromatic rings. The summed E-state index contributed by atoms with van der Waals surface area (Å²) in [5.41, 5.74) is 28.3. The Hall–Kier alpha value is -5.12. The molecule has 1 aliphatic heterocycles. The van der Waals surface area contributed by atoms with E-state index < -0.39 is 0 Å². The van der Waals surface area contributed by atoms with E-state index in [9.17, 15) is 0 Å². The Morgan fingerprint density at radius 2 is 0.974 bits per heavy atom. The molecule has 1 unspecified atom stereocenters. The fourth-order valence-corrected chi connectivity index (χ4v) is 16.6. The van der Waals surface area contributed by atoms with E-state index in [2.05, 4.69) is 245 Å². The van der Waals surface area contributed by atoms with E-state index in [0.717, 1.165) is 12.8 Å². The summed E-state index contributed by atoms with van der Waals surface area (Å²) in [5.74, 6) is 0. The van der Waals surface area contributed by atoms with Crippen LogP contribution in [0.15, 0.2) is 96.4 Å². The normalized spacial score (nSPS) is 22.4. The van der Waals surface area contributed by atoms with Crippen molar-refractivity contribution in [2.45, 2.75) is 239 Å². The molecule has 0 spiro atoms. The van der Waals surface area contributed by atoms with Gasteiger partial charge in [-0.05, 0) is 242 Å². The molecule has 1 aromatic heterocycles. The number of hydrogen-bond acceptors (Lipinski definition) is 3. The summed E-state index contributed by atoms with van der Waals surface area (Å²) >= 11 is 1.92. The summed E-state index contributed by atoms with van der Waals surface area (Å²) in [6.45, 7) is 49.3. The standard InChI is InChI=1S/C75H92N2S/c1-45-34-48(38-49(35-45)77-62-23-21-22-53-66(62)75(20,33-32-68(53,6)7)60-41-57-58(42-63(60)77)73(16,17)30-29-72(57,14)15)76(64-44-78-65-43-59-56(40-52(64)65)71(12,13)28-31-74(59,18)19)61-25-24-47(67(3,4)5)37-51(61)50-39-55-54(36-46(50)2)69(8,9)26-27-70(55,10)11/h21-25,34-44H,26-33H2,1-20H3. The van der Waals surface area contributed by atoms with Crippen LogP contribution in [-0.2, 0) is 48.7 Å². The smallest absolute Gasteiger partial charge is 0.0647 e. The monoisotopic (exact) mass is 1050 g/mol. The molecular formula is C75H92N2S. The minimum Gasteiger partial charge on any atom is -0.310 e. The van der Waals surface area contributed by atoms with Crippen LogP contribution in [0.5, 0.6) is 0 Å². The molecule has 0 fully saturated rings. The van der Waals surface area contributed by atoms with Gasteiger partial charge < -0.3 is 9.80 Å². The van der Waals surface area contributed by atoms with Crippen LogP contribution in [-0.4, -0.2) is 0 Å². The fraction of sp³-hybridized carbons (Fsp3) is 0.493. The summed E-state index contributed by atoms with van der Waals surface area (Å²) in [6.07, 6.45) is 9.44. The van der Waals surface area contributed by atoms with Crippen LogP contribution in [0.4, 0.5) is 34.1 Å². The molecule has 0 amide bonds. The maximum absolute atomic E-state index is 2.72. The average Bonchev–Trinajstić information content (AvgIpc) is 3.85. The van der Waals surface area contributed by atoms with Gasteiger partial charge in [-0.1, -0.05) is 155 Å². The summed E-state index contributed by atoms with van der Waals surface area (Å²) in [4.78, 5) is 5.42. The zero-order valence-electron chi connectivity index (χ0n) is 51.7. The van der Waals surface area contributed by atoms with Gasteiger partial charge in [-0.25, -0.2) is 0 Å². The van der Waals surface area contributed by atoms with E-state index >= 15 is 0 Å². The Balaban J connectivity index is 1.17. The van der Waals surface area contributed by atoms with Crippen LogP contribution in [0.25, 0.3) is 21.2 Å². The average molecular weight is 1050 g/mol. The topological polar surface area (TPSA) is 6.48 Å². The summed E-state index contributed by atoms with van der Waals surface area (Å²) < 4.78 is 1.37. The maximum Gasteiger partial charge on any atom is 0.0647 e. The molecule has 5 aliphatic rings. The second-order valence-corrected chi connectivity index (χ2v) is 32.5. The molecule has 0 radical (unpaired) electrons. The molecule has 4 aliphatic carbocycles. The van der Waals surface area contributed by atoms with Gasteiger partial charge in [0.25, 0.3) is 0 Å². The molecule has 2 nitrogen and oxygen atoms in total. The third kappa shape index (κ3) is 8.09. The number of rotatable bonds is 5. The van der Waals surface area contributed by atoms with Crippen molar-refractivity contribution in [1.82, 2.24) is 0 Å². The van der Waals surface area contributed by atoms with Crippen molar-refractivity contribution in [3.05, 3.63) is 163 Å². The van der Waals surface area contributed by atoms with Gasteiger partial charge in [0.2, 0.25) is 0 Å². The molecule has 3 heteroatoms. The highest BCUT2D eigenvalue weighted by Crippen LogP contribution is 2.63. The van der Waals surface area contributed by atoms with E-state index in [0.29, 0.717) is 0 Å². The predicted octanol–water partition coefficient (Wildman–Crippen LogP) is 22.2. The van der Waals surface area contributed by atoms with Gasteiger partial charge in [-0.3, -0.25) is 0 Å². The quantitative estimate of drug-likeness (QED) is 0.170. The third-order valence-electron chi connectivity index (χ3n) is 21.5. The Labute approximate surface area is 475 Å². The maximum atomic E-state index is 2.72. The lowest BCUT2D eigenvalue weighted by Crippen LogP contribution is -2.42. The molecule has 408 valence electrons. The van der Waals surface area contributed by atoms with Crippen molar-refractivity contribution >= 4 is 55.5 Å². The highest BCUT2D eigenvalue weighted by molar-refractivity contribution is 7.17. The molecule has 6 aromatic carbocycles. The van der Waals surface area contributed by atoms with Crippen molar-refractivity contribution in [3.63, 3.8) is 0 Å². The molecule has 78 heavy (non-hydrogen) atoms. The van der Waals surface area contributed by atoms with Crippen LogP contribution in [0.1, 0.15) is 243 Å². The first kappa shape index (κ1) is 53.5. The minimum absolute atomic E-state index is 0.0486. The van der Waals surface area contributed by atoms with Crippen molar-refractivity contribution < 1.29 is 0 Å². The SMILES string of the molecule is Cc1cc(N2c3cc4c(cc3C3(C)CCC(C)(C)c5cccc2c53)C(C)(C)CCC4(C)C)cc(N(c2ccc(C(C)(C)C)cc2-c2cc3c(cc2C)C(C)(C)CCC3(C)C)c2csc3cc4c(cc23)C(C)(C)CCC4(C)C)c1. The van der Waals surface area contributed by atoms with E-state index in [-0.39, 0.29) is 48.7 Å². The molecule has 12 rings (SSSR count). The van der Waals surface area contributed by atoms with Gasteiger partial charge in [0.1, 0.15) is 0 Å². The number of thiophene rings is 1. The number of anilines is 6. The highest BCUT2D eigenvalue weighted by Gasteiger charge is 2.50. The first-order valence-corrected chi connectivity index (χ1v) is 31.0. The van der Waals surface area contributed by atoms with E-state index in [1.165, 1.54) is 155 Å². The zero-order chi connectivity index (χ0) is 56.0. The van der Waals surface area contributed by atoms with Crippen LogP contribution in [0, 0.1) is 13.8 Å². The minimum atomic E-state index is -0.115. The molecule has 0 N–H and O–H groups in total. The molecule has 0 bridgehead atoms. The molecular weight excluding hydrogens is 961 g/mol. The zero-order valence-corrected chi connectivity index (χ0v) is 52.5. The van der Waals surface area contributed by atoms with Crippen molar-refractivity contribution in [2.75, 3.05) is 9.80 Å². The third-order valence-corrected chi connectivity index (χ3v) is 22.5. The number of nitrogens with zero attached hydrogens (tertiary/aromatic N) is 2. The molecule has 0 saturated carbocycles. The Kier molecular flexibility index (Phi) is 11.6. The summed E-state index contributed by atoms with van der Waals surface area (Å²) in [5, 5.41) is 3.84.